The zero-order valence-electron chi connectivity index (χ0n) is 16.6. The van der Waals surface area contributed by atoms with Gasteiger partial charge in [0.15, 0.2) is 9.84 Å². The van der Waals surface area contributed by atoms with Gasteiger partial charge in [0.05, 0.1) is 10.6 Å². The molecule has 0 aliphatic heterocycles. The number of halogens is 1. The van der Waals surface area contributed by atoms with Gasteiger partial charge in [-0.05, 0) is 62.2 Å². The molecule has 0 bridgehead atoms. The van der Waals surface area contributed by atoms with E-state index < -0.39 is 21.5 Å². The molecule has 0 fully saturated rings. The Balaban J connectivity index is 2.16. The molecule has 0 saturated heterocycles. The molecule has 2 aromatic carbocycles. The van der Waals surface area contributed by atoms with E-state index in [9.17, 15) is 17.6 Å². The molecule has 0 radical (unpaired) electrons. The first-order chi connectivity index (χ1) is 13.5. The summed E-state index contributed by atoms with van der Waals surface area (Å²) < 4.78 is 43.8. The van der Waals surface area contributed by atoms with Gasteiger partial charge in [0, 0.05) is 18.0 Å². The summed E-state index contributed by atoms with van der Waals surface area (Å²) in [5.41, 5.74) is 1.90. The van der Waals surface area contributed by atoms with Crippen molar-refractivity contribution in [3.05, 3.63) is 66.6 Å². The molecule has 152 valence electrons. The van der Waals surface area contributed by atoms with Crippen LogP contribution < -0.4 is 0 Å². The second-order valence-corrected chi connectivity index (χ2v) is 9.75. The van der Waals surface area contributed by atoms with Crippen molar-refractivity contribution >= 4 is 15.9 Å². The van der Waals surface area contributed by atoms with Crippen molar-refractivity contribution in [3.8, 4) is 22.4 Å². The standard InChI is InChI=1S/C22H22FNO4S/c1-22(2,3)28-21(25)24-14-13-19(15-5-9-17(23)10-6-15)20(24)16-7-11-18(12-8-16)29(4,26)27/h5-14H,1-4H3. The number of hydrogen-bond acceptors (Lipinski definition) is 4. The Morgan fingerprint density at radius 3 is 2.00 bits per heavy atom. The van der Waals surface area contributed by atoms with Crippen LogP contribution in [-0.4, -0.2) is 30.9 Å². The molecule has 1 aromatic heterocycles. The molecule has 0 spiro atoms. The summed E-state index contributed by atoms with van der Waals surface area (Å²) in [7, 11) is -3.35. The zero-order valence-corrected chi connectivity index (χ0v) is 17.5. The van der Waals surface area contributed by atoms with E-state index in [1.807, 2.05) is 0 Å². The molecule has 0 amide bonds. The van der Waals surface area contributed by atoms with Crippen molar-refractivity contribution in [2.45, 2.75) is 31.3 Å². The van der Waals surface area contributed by atoms with Gasteiger partial charge >= 0.3 is 6.09 Å². The van der Waals surface area contributed by atoms with Gasteiger partial charge in [-0.15, -0.1) is 0 Å². The first kappa shape index (κ1) is 20.8. The fraction of sp³-hybridized carbons (Fsp3) is 0.227. The summed E-state index contributed by atoms with van der Waals surface area (Å²) in [6.07, 6.45) is 2.16. The van der Waals surface area contributed by atoms with Gasteiger partial charge in [-0.1, -0.05) is 24.3 Å². The number of sulfone groups is 1. The minimum absolute atomic E-state index is 0.181. The Kier molecular flexibility index (Phi) is 5.36. The Hall–Kier alpha value is -2.93. The highest BCUT2D eigenvalue weighted by molar-refractivity contribution is 7.90. The van der Waals surface area contributed by atoms with E-state index in [4.69, 9.17) is 4.74 Å². The maximum atomic E-state index is 13.4. The van der Waals surface area contributed by atoms with Crippen LogP contribution in [-0.2, 0) is 14.6 Å². The third-order valence-corrected chi connectivity index (χ3v) is 5.32. The first-order valence-corrected chi connectivity index (χ1v) is 10.9. The van der Waals surface area contributed by atoms with Crippen LogP contribution in [0.25, 0.3) is 22.4 Å². The van der Waals surface area contributed by atoms with E-state index in [0.29, 0.717) is 16.8 Å². The van der Waals surface area contributed by atoms with Crippen LogP contribution in [0.4, 0.5) is 9.18 Å². The zero-order chi connectivity index (χ0) is 21.4. The normalized spacial score (nSPS) is 12.0. The number of aromatic nitrogens is 1. The molecule has 0 saturated carbocycles. The molecule has 0 unspecified atom stereocenters. The lowest BCUT2D eigenvalue weighted by Crippen LogP contribution is -2.27. The number of rotatable bonds is 3. The third-order valence-electron chi connectivity index (χ3n) is 4.19. The highest BCUT2D eigenvalue weighted by Gasteiger charge is 2.23. The molecule has 1 heterocycles. The maximum Gasteiger partial charge on any atom is 0.419 e. The van der Waals surface area contributed by atoms with Gasteiger partial charge < -0.3 is 4.74 Å². The van der Waals surface area contributed by atoms with Gasteiger partial charge in [-0.3, -0.25) is 4.57 Å². The van der Waals surface area contributed by atoms with Gasteiger partial charge in [0.2, 0.25) is 0 Å². The molecular weight excluding hydrogens is 393 g/mol. The van der Waals surface area contributed by atoms with Gasteiger partial charge in [0.25, 0.3) is 0 Å². The maximum absolute atomic E-state index is 13.4. The van der Waals surface area contributed by atoms with E-state index in [1.54, 1.807) is 57.3 Å². The lowest BCUT2D eigenvalue weighted by atomic mass is 10.0. The highest BCUT2D eigenvalue weighted by atomic mass is 32.2. The molecule has 0 N–H and O–H groups in total. The fourth-order valence-corrected chi connectivity index (χ4v) is 3.54. The molecule has 7 heteroatoms. The molecule has 3 aromatic rings. The van der Waals surface area contributed by atoms with Crippen molar-refractivity contribution < 1.29 is 22.3 Å². The number of nitrogens with zero attached hydrogens (tertiary/aromatic N) is 1. The predicted molar refractivity (Wildman–Crippen MR) is 110 cm³/mol. The van der Waals surface area contributed by atoms with Gasteiger partial charge in [0.1, 0.15) is 11.4 Å². The Morgan fingerprint density at radius 1 is 0.931 bits per heavy atom. The Labute approximate surface area is 169 Å². The first-order valence-electron chi connectivity index (χ1n) is 8.97. The second-order valence-electron chi connectivity index (χ2n) is 7.73. The fourth-order valence-electron chi connectivity index (χ4n) is 2.91. The van der Waals surface area contributed by atoms with Crippen LogP contribution in [0.2, 0.25) is 0 Å². The highest BCUT2D eigenvalue weighted by Crippen LogP contribution is 2.34. The van der Waals surface area contributed by atoms with Crippen LogP contribution in [0.15, 0.2) is 65.7 Å². The van der Waals surface area contributed by atoms with E-state index in [2.05, 4.69) is 0 Å². The third kappa shape index (κ3) is 4.74. The summed E-state index contributed by atoms with van der Waals surface area (Å²) in [6, 6.07) is 13.9. The lowest BCUT2D eigenvalue weighted by molar-refractivity contribution is 0.0540. The van der Waals surface area contributed by atoms with Crippen molar-refractivity contribution in [2.75, 3.05) is 6.26 Å². The summed E-state index contributed by atoms with van der Waals surface area (Å²) in [6.45, 7) is 5.32. The summed E-state index contributed by atoms with van der Waals surface area (Å²) >= 11 is 0. The molecule has 0 atom stereocenters. The predicted octanol–water partition coefficient (Wildman–Crippen LogP) is 5.15. The second kappa shape index (κ2) is 7.48. The summed E-state index contributed by atoms with van der Waals surface area (Å²) in [5.74, 6) is -0.362. The molecule has 5 nitrogen and oxygen atoms in total. The minimum Gasteiger partial charge on any atom is -0.443 e. The Morgan fingerprint density at radius 2 is 1.48 bits per heavy atom. The number of ether oxygens (including phenoxy) is 1. The average Bonchev–Trinajstić information content (AvgIpc) is 3.05. The Bertz CT molecular complexity index is 1140. The van der Waals surface area contributed by atoms with Gasteiger partial charge in [-0.25, -0.2) is 17.6 Å². The number of carbonyl (C=O) groups excluding carboxylic acids is 1. The number of hydrogen-bond donors (Lipinski definition) is 0. The van der Waals surface area contributed by atoms with Crippen LogP contribution in [0.3, 0.4) is 0 Å². The van der Waals surface area contributed by atoms with Crippen molar-refractivity contribution in [1.82, 2.24) is 4.57 Å². The van der Waals surface area contributed by atoms with Crippen LogP contribution in [0.1, 0.15) is 20.8 Å². The molecule has 3 rings (SSSR count). The van der Waals surface area contributed by atoms with Crippen molar-refractivity contribution in [1.29, 1.82) is 0 Å². The SMILES string of the molecule is CC(C)(C)OC(=O)n1ccc(-c2ccc(F)cc2)c1-c1ccc(S(C)(=O)=O)cc1. The summed E-state index contributed by atoms with van der Waals surface area (Å²) in [4.78, 5) is 12.9. The minimum atomic E-state index is -3.35. The molecule has 0 aliphatic carbocycles. The van der Waals surface area contributed by atoms with Crippen LogP contribution in [0, 0.1) is 5.82 Å². The van der Waals surface area contributed by atoms with Gasteiger partial charge in [-0.2, -0.15) is 0 Å². The largest absolute Gasteiger partial charge is 0.443 e. The van der Waals surface area contributed by atoms with Crippen molar-refractivity contribution in [3.63, 3.8) is 0 Å². The average molecular weight is 415 g/mol. The van der Waals surface area contributed by atoms with Crippen LogP contribution >= 0.6 is 0 Å². The monoisotopic (exact) mass is 415 g/mol. The van der Waals surface area contributed by atoms with Crippen LogP contribution in [0.5, 0.6) is 0 Å². The smallest absolute Gasteiger partial charge is 0.419 e. The summed E-state index contributed by atoms with van der Waals surface area (Å²) in [5, 5.41) is 0. The quantitative estimate of drug-likeness (QED) is 0.594. The van der Waals surface area contributed by atoms with E-state index in [1.165, 1.54) is 28.8 Å². The number of benzene rings is 2. The number of carbonyl (C=O) groups is 1. The lowest BCUT2D eigenvalue weighted by Gasteiger charge is -2.21. The molecular formula is C22H22FNO4S. The molecule has 0 aliphatic rings. The van der Waals surface area contributed by atoms with E-state index in [-0.39, 0.29) is 10.7 Å². The van der Waals surface area contributed by atoms with E-state index >= 15 is 0 Å². The topological polar surface area (TPSA) is 65.4 Å². The van der Waals surface area contributed by atoms with E-state index in [0.717, 1.165) is 11.8 Å². The van der Waals surface area contributed by atoms with Crippen molar-refractivity contribution in [2.24, 2.45) is 0 Å². The molecule has 29 heavy (non-hydrogen) atoms.